The molecule has 17 heavy (non-hydrogen) atoms. The summed E-state index contributed by atoms with van der Waals surface area (Å²) in [4.78, 5) is 15.1. The molecule has 6 heteroatoms. The Morgan fingerprint density at radius 2 is 2.00 bits per heavy atom. The third-order valence-electron chi connectivity index (χ3n) is 1.62. The quantitative estimate of drug-likeness (QED) is 0.111. The van der Waals surface area contributed by atoms with Crippen LogP contribution in [-0.4, -0.2) is 19.0 Å². The number of benzene rings is 1. The van der Waals surface area contributed by atoms with Crippen LogP contribution in [0.25, 0.3) is 0 Å². The molecular weight excluding hydrogens is 233 g/mol. The fraction of sp³-hybridized carbons (Fsp3) is 0.0909. The third kappa shape index (κ3) is 6.11. The van der Waals surface area contributed by atoms with Crippen LogP contribution in [0.4, 0.5) is 0 Å². The van der Waals surface area contributed by atoms with Crippen molar-refractivity contribution in [2.45, 2.75) is 0 Å². The van der Waals surface area contributed by atoms with Crippen LogP contribution in [0.2, 0.25) is 0 Å². The molecule has 0 bridgehead atoms. The zero-order valence-electron chi connectivity index (χ0n) is 9.62. The molecule has 0 unspecified atom stereocenters. The summed E-state index contributed by atoms with van der Waals surface area (Å²) in [6, 6.07) is 8.44. The topological polar surface area (TPSA) is 71.0 Å². The van der Waals surface area contributed by atoms with Gasteiger partial charge in [-0.3, -0.25) is 0 Å². The number of hydrogen-bond donors (Lipinski definition) is 0. The average molecular weight is 243 g/mol. The molecule has 0 aliphatic carbocycles. The Bertz CT molecular complexity index is 403. The van der Waals surface area contributed by atoms with E-state index in [1.54, 1.807) is 30.3 Å². The minimum atomic E-state index is -0.581. The summed E-state index contributed by atoms with van der Waals surface area (Å²) in [5.74, 6) is -1.10. The molecule has 0 N–H and O–H groups in total. The second-order valence-corrected chi connectivity index (χ2v) is 2.69. The number of carbonyl (C=O) groups excluding carboxylic acids is 1. The van der Waals surface area contributed by atoms with E-state index in [9.17, 15) is 9.90 Å². The molecule has 1 aromatic rings. The smallest absolute Gasteiger partial charge is 0.856 e. The molecule has 0 radical (unpaired) electrons. The van der Waals surface area contributed by atoms with Gasteiger partial charge in [-0.1, -0.05) is 35.5 Å². The molecule has 0 aromatic heterocycles. The standard InChI is InChI=1S/C11H11NO4.Na/c1-15-10(13)7-8-16-12-11(14)9-5-3-2-4-6-9;/h2-8H,1H3,(H,12,14);/q;+1/p-1/b8-7+;. The van der Waals surface area contributed by atoms with E-state index < -0.39 is 11.9 Å². The van der Waals surface area contributed by atoms with Gasteiger partial charge in [0.25, 0.3) is 0 Å². The molecule has 1 aromatic carbocycles. The Labute approximate surface area is 121 Å². The predicted octanol–water partition coefficient (Wildman–Crippen LogP) is -2.58. The Hall–Kier alpha value is -1.30. The first kappa shape index (κ1) is 15.7. The normalized spacial score (nSPS) is 10.8. The SMILES string of the molecule is COC(=O)/C=C/ON=C([O-])c1ccccc1.[Na+]. The zero-order chi connectivity index (χ0) is 11.8. The van der Waals surface area contributed by atoms with Crippen LogP contribution in [0, 0.1) is 0 Å². The minimum Gasteiger partial charge on any atom is -0.856 e. The van der Waals surface area contributed by atoms with Gasteiger partial charge in [-0.2, -0.15) is 0 Å². The summed E-state index contributed by atoms with van der Waals surface area (Å²) in [5, 5.41) is 14.6. The molecule has 0 amide bonds. The van der Waals surface area contributed by atoms with E-state index in [1.165, 1.54) is 7.11 Å². The van der Waals surface area contributed by atoms with Gasteiger partial charge in [0.2, 0.25) is 0 Å². The maximum atomic E-state index is 11.3. The van der Waals surface area contributed by atoms with Crippen molar-refractivity contribution in [1.82, 2.24) is 0 Å². The van der Waals surface area contributed by atoms with E-state index in [-0.39, 0.29) is 29.6 Å². The summed E-state index contributed by atoms with van der Waals surface area (Å²) in [6.45, 7) is 0. The number of esters is 1. The number of hydrogen-bond acceptors (Lipinski definition) is 5. The Kier molecular flexibility index (Phi) is 8.13. The molecule has 0 fully saturated rings. The van der Waals surface area contributed by atoms with Crippen molar-refractivity contribution in [3.8, 4) is 0 Å². The maximum Gasteiger partial charge on any atom is 1.00 e. The third-order valence-corrected chi connectivity index (χ3v) is 1.62. The Balaban J connectivity index is 0.00000256. The molecule has 0 saturated heterocycles. The van der Waals surface area contributed by atoms with Crippen LogP contribution in [0.1, 0.15) is 5.56 Å². The molecule has 1 rings (SSSR count). The van der Waals surface area contributed by atoms with Crippen LogP contribution in [0.15, 0.2) is 47.8 Å². The van der Waals surface area contributed by atoms with E-state index in [1.807, 2.05) is 0 Å². The van der Waals surface area contributed by atoms with Crippen molar-refractivity contribution < 1.29 is 49.0 Å². The van der Waals surface area contributed by atoms with Crippen LogP contribution >= 0.6 is 0 Å². The summed E-state index contributed by atoms with van der Waals surface area (Å²) in [7, 11) is 1.24. The van der Waals surface area contributed by atoms with Crippen molar-refractivity contribution in [3.63, 3.8) is 0 Å². The molecule has 0 atom stereocenters. The second kappa shape index (κ2) is 8.81. The minimum absolute atomic E-state index is 0. The molecule has 0 aliphatic heterocycles. The number of ether oxygens (including phenoxy) is 1. The monoisotopic (exact) mass is 243 g/mol. The van der Waals surface area contributed by atoms with Crippen molar-refractivity contribution in [1.29, 1.82) is 0 Å². The van der Waals surface area contributed by atoms with Crippen LogP contribution in [0.3, 0.4) is 0 Å². The molecule has 0 saturated carbocycles. The van der Waals surface area contributed by atoms with Gasteiger partial charge in [0.05, 0.1) is 13.2 Å². The van der Waals surface area contributed by atoms with E-state index in [2.05, 4.69) is 14.7 Å². The largest absolute Gasteiger partial charge is 1.00 e. The average Bonchev–Trinajstić information content (AvgIpc) is 2.35. The van der Waals surface area contributed by atoms with Gasteiger partial charge in [-0.25, -0.2) is 4.79 Å². The fourth-order valence-electron chi connectivity index (χ4n) is 0.866. The predicted molar refractivity (Wildman–Crippen MR) is 55.2 cm³/mol. The first-order chi connectivity index (χ1) is 7.74. The van der Waals surface area contributed by atoms with Crippen molar-refractivity contribution >= 4 is 11.9 Å². The van der Waals surface area contributed by atoms with Crippen LogP contribution in [-0.2, 0) is 14.4 Å². The molecule has 5 nitrogen and oxygen atoms in total. The van der Waals surface area contributed by atoms with E-state index in [4.69, 9.17) is 0 Å². The zero-order valence-corrected chi connectivity index (χ0v) is 11.6. The number of oxime groups is 1. The second-order valence-electron chi connectivity index (χ2n) is 2.69. The van der Waals surface area contributed by atoms with Gasteiger partial charge in [0, 0.05) is 5.90 Å². The van der Waals surface area contributed by atoms with E-state index in [0.29, 0.717) is 5.56 Å². The number of methoxy groups -OCH3 is 1. The molecule has 0 aliphatic rings. The molecular formula is C11H10NNaO4. The van der Waals surface area contributed by atoms with E-state index >= 15 is 0 Å². The molecule has 84 valence electrons. The number of nitrogens with zero attached hydrogens (tertiary/aromatic N) is 1. The van der Waals surface area contributed by atoms with Crippen LogP contribution < -0.4 is 34.7 Å². The van der Waals surface area contributed by atoms with Gasteiger partial charge in [-0.15, -0.1) is 0 Å². The first-order valence-corrected chi connectivity index (χ1v) is 4.45. The summed E-state index contributed by atoms with van der Waals surface area (Å²) in [5.41, 5.74) is 0.411. The number of rotatable bonds is 4. The van der Waals surface area contributed by atoms with Gasteiger partial charge in [0.1, 0.15) is 6.26 Å². The van der Waals surface area contributed by atoms with Crippen molar-refractivity contribution in [2.24, 2.45) is 5.16 Å². The van der Waals surface area contributed by atoms with E-state index in [0.717, 1.165) is 12.3 Å². The fourth-order valence-corrected chi connectivity index (χ4v) is 0.866. The summed E-state index contributed by atoms with van der Waals surface area (Å²) >= 11 is 0. The molecule has 0 heterocycles. The van der Waals surface area contributed by atoms with Gasteiger partial charge >= 0.3 is 35.5 Å². The summed E-state index contributed by atoms with van der Waals surface area (Å²) < 4.78 is 4.31. The Morgan fingerprint density at radius 3 is 2.59 bits per heavy atom. The number of carbonyl (C=O) groups is 1. The van der Waals surface area contributed by atoms with Gasteiger partial charge in [-0.05, 0) is 5.56 Å². The van der Waals surface area contributed by atoms with Crippen molar-refractivity contribution in [3.05, 3.63) is 48.2 Å². The summed E-state index contributed by atoms with van der Waals surface area (Å²) in [6.07, 6.45) is 1.99. The van der Waals surface area contributed by atoms with Crippen molar-refractivity contribution in [2.75, 3.05) is 7.11 Å². The maximum absolute atomic E-state index is 11.3. The molecule has 0 spiro atoms. The van der Waals surface area contributed by atoms with Gasteiger partial charge < -0.3 is 14.7 Å². The van der Waals surface area contributed by atoms with Gasteiger partial charge in [0.15, 0.2) is 0 Å². The van der Waals surface area contributed by atoms with Crippen LogP contribution in [0.5, 0.6) is 0 Å². The first-order valence-electron chi connectivity index (χ1n) is 4.45. The Morgan fingerprint density at radius 1 is 1.35 bits per heavy atom.